The largest absolute Gasteiger partial charge is 0.480 e. The number of thioether (sulfide) groups is 1. The van der Waals surface area contributed by atoms with Gasteiger partial charge in [0, 0.05) is 11.7 Å². The lowest BCUT2D eigenvalue weighted by Gasteiger charge is -2.21. The van der Waals surface area contributed by atoms with Crippen molar-refractivity contribution < 1.29 is 14.7 Å². The number of H-pyrrole nitrogens is 1. The number of hydrogen-bond donors (Lipinski definition) is 2. The van der Waals surface area contributed by atoms with E-state index in [0.29, 0.717) is 10.7 Å². The normalized spacial score (nSPS) is 14.1. The van der Waals surface area contributed by atoms with Crippen molar-refractivity contribution in [1.82, 2.24) is 14.9 Å². The van der Waals surface area contributed by atoms with Gasteiger partial charge in [0.05, 0.1) is 5.56 Å². The Labute approximate surface area is 119 Å². The number of aromatic amines is 1. The molecule has 1 aliphatic rings. The van der Waals surface area contributed by atoms with Gasteiger partial charge in [0.25, 0.3) is 5.91 Å². The Morgan fingerprint density at radius 2 is 2.15 bits per heavy atom. The van der Waals surface area contributed by atoms with Crippen molar-refractivity contribution >= 4 is 23.6 Å². The second-order valence-corrected chi connectivity index (χ2v) is 5.40. The number of aromatic nitrogens is 2. The van der Waals surface area contributed by atoms with Crippen LogP contribution in [0.5, 0.6) is 0 Å². The van der Waals surface area contributed by atoms with Gasteiger partial charge in [-0.3, -0.25) is 9.59 Å². The van der Waals surface area contributed by atoms with E-state index >= 15 is 0 Å². The number of rotatable bonds is 5. The van der Waals surface area contributed by atoms with E-state index < -0.39 is 11.7 Å². The zero-order chi connectivity index (χ0) is 14.9. The number of carbonyl (C=O) groups excluding carboxylic acids is 1. The van der Waals surface area contributed by atoms with Crippen LogP contribution in [0.3, 0.4) is 0 Å². The lowest BCUT2D eigenvalue weighted by atomic mass is 10.2. The third-order valence-electron chi connectivity index (χ3n) is 3.05. The zero-order valence-electron chi connectivity index (χ0n) is 11.2. The van der Waals surface area contributed by atoms with Crippen LogP contribution in [-0.2, 0) is 4.79 Å². The molecule has 0 aromatic carbocycles. The van der Waals surface area contributed by atoms with Crippen LogP contribution in [0, 0.1) is 6.92 Å². The molecule has 108 valence electrons. The molecular formula is C12H15N3O4S. The Kier molecular flexibility index (Phi) is 4.12. The van der Waals surface area contributed by atoms with Crippen LogP contribution in [-0.4, -0.2) is 50.7 Å². The summed E-state index contributed by atoms with van der Waals surface area (Å²) in [5.41, 5.74) is 0.181. The summed E-state index contributed by atoms with van der Waals surface area (Å²) in [4.78, 5) is 42.4. The molecule has 20 heavy (non-hydrogen) atoms. The second-order valence-electron chi connectivity index (χ2n) is 4.61. The molecule has 1 aliphatic carbocycles. The van der Waals surface area contributed by atoms with Gasteiger partial charge in [0.15, 0.2) is 0 Å². The first-order chi connectivity index (χ1) is 9.43. The average molecular weight is 297 g/mol. The summed E-state index contributed by atoms with van der Waals surface area (Å²) < 4.78 is 0. The van der Waals surface area contributed by atoms with Crippen LogP contribution in [0.1, 0.15) is 28.9 Å². The fraction of sp³-hybridized carbons (Fsp3) is 0.500. The van der Waals surface area contributed by atoms with Crippen molar-refractivity contribution in [3.05, 3.63) is 21.7 Å². The van der Waals surface area contributed by atoms with Gasteiger partial charge in [-0.1, -0.05) is 0 Å². The number of nitrogens with zero attached hydrogens (tertiary/aromatic N) is 2. The number of carbonyl (C=O) groups is 2. The molecule has 1 aromatic heterocycles. The predicted molar refractivity (Wildman–Crippen MR) is 73.1 cm³/mol. The molecule has 0 unspecified atom stereocenters. The van der Waals surface area contributed by atoms with Crippen LogP contribution in [0.15, 0.2) is 9.82 Å². The summed E-state index contributed by atoms with van der Waals surface area (Å²) >= 11 is 1.19. The highest BCUT2D eigenvalue weighted by Gasteiger charge is 2.36. The molecule has 1 heterocycles. The van der Waals surface area contributed by atoms with E-state index in [1.807, 2.05) is 0 Å². The van der Waals surface area contributed by atoms with Gasteiger partial charge >= 0.3 is 11.7 Å². The molecular weight excluding hydrogens is 282 g/mol. The van der Waals surface area contributed by atoms with E-state index in [4.69, 9.17) is 5.11 Å². The van der Waals surface area contributed by atoms with Crippen molar-refractivity contribution in [2.45, 2.75) is 30.8 Å². The van der Waals surface area contributed by atoms with Gasteiger partial charge in [-0.05, 0) is 26.0 Å². The predicted octanol–water partition coefficient (Wildman–Crippen LogP) is 0.489. The van der Waals surface area contributed by atoms with Gasteiger partial charge in [-0.15, -0.1) is 11.8 Å². The molecule has 1 fully saturated rings. The topological polar surface area (TPSA) is 103 Å². The first-order valence-electron chi connectivity index (χ1n) is 6.11. The van der Waals surface area contributed by atoms with Gasteiger partial charge < -0.3 is 15.0 Å². The highest BCUT2D eigenvalue weighted by molar-refractivity contribution is 7.98. The molecule has 0 radical (unpaired) electrons. The molecule has 2 rings (SSSR count). The number of nitrogens with one attached hydrogen (secondary N) is 1. The lowest BCUT2D eigenvalue weighted by Crippen LogP contribution is -2.38. The molecule has 2 N–H and O–H groups in total. The van der Waals surface area contributed by atoms with E-state index in [9.17, 15) is 14.4 Å². The number of aryl methyl sites for hydroxylation is 1. The maximum atomic E-state index is 12.6. The number of carboxylic acid groups (broad SMARTS) is 1. The average Bonchev–Trinajstić information content (AvgIpc) is 3.18. The maximum Gasteiger partial charge on any atom is 0.346 e. The van der Waals surface area contributed by atoms with E-state index in [1.54, 1.807) is 13.2 Å². The minimum Gasteiger partial charge on any atom is -0.480 e. The minimum atomic E-state index is -1.05. The third kappa shape index (κ3) is 3.01. The Bertz CT molecular complexity index is 609. The quantitative estimate of drug-likeness (QED) is 0.605. The van der Waals surface area contributed by atoms with Crippen LogP contribution in [0.2, 0.25) is 0 Å². The molecule has 0 atom stereocenters. The number of hydrogen-bond acceptors (Lipinski definition) is 5. The SMILES string of the molecule is CSc1nc(=O)[nH]c(C)c1C(=O)N(CC(=O)O)C1CC1. The van der Waals surface area contributed by atoms with Crippen molar-refractivity contribution in [3.63, 3.8) is 0 Å². The first kappa shape index (κ1) is 14.6. The fourth-order valence-corrected chi connectivity index (χ4v) is 2.62. The Morgan fingerprint density at radius 1 is 1.50 bits per heavy atom. The van der Waals surface area contributed by atoms with E-state index in [2.05, 4.69) is 9.97 Å². The van der Waals surface area contributed by atoms with Crippen LogP contribution in [0.25, 0.3) is 0 Å². The maximum absolute atomic E-state index is 12.6. The monoisotopic (exact) mass is 297 g/mol. The van der Waals surface area contributed by atoms with Gasteiger partial charge in [-0.2, -0.15) is 4.98 Å². The lowest BCUT2D eigenvalue weighted by molar-refractivity contribution is -0.137. The van der Waals surface area contributed by atoms with E-state index in [0.717, 1.165) is 12.8 Å². The molecule has 7 nitrogen and oxygen atoms in total. The highest BCUT2D eigenvalue weighted by atomic mass is 32.2. The number of carboxylic acids is 1. The zero-order valence-corrected chi connectivity index (χ0v) is 12.0. The summed E-state index contributed by atoms with van der Waals surface area (Å²) in [6.45, 7) is 1.28. The number of amides is 1. The molecule has 1 amide bonds. The molecule has 1 aromatic rings. The summed E-state index contributed by atoms with van der Waals surface area (Å²) in [5.74, 6) is -1.44. The van der Waals surface area contributed by atoms with Crippen molar-refractivity contribution in [2.24, 2.45) is 0 Å². The third-order valence-corrected chi connectivity index (χ3v) is 3.73. The summed E-state index contributed by atoms with van der Waals surface area (Å²) in [5, 5.41) is 9.25. The van der Waals surface area contributed by atoms with Gasteiger partial charge in [0.2, 0.25) is 0 Å². The molecule has 0 aliphatic heterocycles. The molecule has 0 bridgehead atoms. The first-order valence-corrected chi connectivity index (χ1v) is 7.34. The standard InChI is InChI=1S/C12H15N3O4S/c1-6-9(10(20-2)14-12(19)13-6)11(18)15(5-8(16)17)7-3-4-7/h7H,3-5H2,1-2H3,(H,16,17)(H,13,14,19). The van der Waals surface area contributed by atoms with E-state index in [-0.39, 0.29) is 24.1 Å². The number of aliphatic carboxylic acids is 1. The Morgan fingerprint density at radius 3 is 2.65 bits per heavy atom. The van der Waals surface area contributed by atoms with Gasteiger partial charge in [-0.25, -0.2) is 4.79 Å². The molecule has 1 saturated carbocycles. The van der Waals surface area contributed by atoms with E-state index in [1.165, 1.54) is 16.7 Å². The van der Waals surface area contributed by atoms with Gasteiger partial charge in [0.1, 0.15) is 11.6 Å². The Balaban J connectivity index is 2.40. The van der Waals surface area contributed by atoms with Crippen LogP contribution >= 0.6 is 11.8 Å². The fourth-order valence-electron chi connectivity index (χ4n) is 2.00. The van der Waals surface area contributed by atoms with Crippen LogP contribution < -0.4 is 5.69 Å². The molecule has 8 heteroatoms. The Hall–Kier alpha value is -1.83. The van der Waals surface area contributed by atoms with Crippen molar-refractivity contribution in [1.29, 1.82) is 0 Å². The molecule has 0 saturated heterocycles. The van der Waals surface area contributed by atoms with Crippen molar-refractivity contribution in [3.8, 4) is 0 Å². The summed E-state index contributed by atoms with van der Waals surface area (Å²) in [6.07, 6.45) is 3.34. The van der Waals surface area contributed by atoms with Crippen molar-refractivity contribution in [2.75, 3.05) is 12.8 Å². The summed E-state index contributed by atoms with van der Waals surface area (Å²) in [7, 11) is 0. The highest BCUT2D eigenvalue weighted by Crippen LogP contribution is 2.30. The van der Waals surface area contributed by atoms with Crippen LogP contribution in [0.4, 0.5) is 0 Å². The summed E-state index contributed by atoms with van der Waals surface area (Å²) in [6, 6.07) is -0.0281. The smallest absolute Gasteiger partial charge is 0.346 e. The second kappa shape index (κ2) is 5.66. The minimum absolute atomic E-state index is 0.0281. The molecule has 0 spiro atoms.